The van der Waals surface area contributed by atoms with E-state index in [0.29, 0.717) is 25.7 Å². The molecule has 0 aromatic heterocycles. The largest absolute Gasteiger partial charge is 0.472 e. The Morgan fingerprint density at radius 3 is 0.856 bits per heavy atom. The first-order valence-corrected chi connectivity index (χ1v) is 42.7. The van der Waals surface area contributed by atoms with E-state index in [1.54, 1.807) is 12.2 Å². The highest BCUT2D eigenvalue weighted by atomic mass is 31.2. The highest BCUT2D eigenvalue weighted by Gasteiger charge is 2.30. The van der Waals surface area contributed by atoms with Gasteiger partial charge in [-0.3, -0.25) is 37.3 Å². The molecule has 0 rings (SSSR count). The molecular weight excluding hydrogens is 1350 g/mol. The van der Waals surface area contributed by atoms with Gasteiger partial charge < -0.3 is 33.8 Å². The first-order chi connectivity index (χ1) is 50.7. The quantitative estimate of drug-likeness (QED) is 0.0169. The highest BCUT2D eigenvalue weighted by molar-refractivity contribution is 7.47. The van der Waals surface area contributed by atoms with Crippen molar-refractivity contribution in [3.8, 4) is 0 Å². The summed E-state index contributed by atoms with van der Waals surface area (Å²) in [6, 6.07) is 0. The van der Waals surface area contributed by atoms with E-state index < -0.39 is 97.5 Å². The average Bonchev–Trinajstić information content (AvgIpc) is 0.910. The second-order valence-electron chi connectivity index (χ2n) is 25.9. The zero-order valence-electron chi connectivity index (χ0n) is 64.6. The number of allylic oxidation sites excluding steroid dienone is 25. The zero-order chi connectivity index (χ0) is 76.0. The SMILES string of the molecule is CC/C=C\C/C=C\C/C=C\C/C=C\C/C=C\CC(=O)OC(COC(=O)CCCCCCCC/C=C\C/C=C\C/C=C\C/C=C\CC)COP(=O)(O)OCC(O)COP(=O)(O)OCC(COC(=O)CCCCCC/C=C\C/C=C\C/C=C\C/C=C\CC)OC(=O)CCCCCCCCCCCCCCC. The minimum absolute atomic E-state index is 0.0853. The Morgan fingerprint density at radius 1 is 0.288 bits per heavy atom. The second-order valence-corrected chi connectivity index (χ2v) is 28.8. The van der Waals surface area contributed by atoms with Gasteiger partial charge in [-0.05, 0) is 128 Å². The molecule has 3 N–H and O–H groups in total. The highest BCUT2D eigenvalue weighted by Crippen LogP contribution is 2.45. The summed E-state index contributed by atoms with van der Waals surface area (Å²) in [4.78, 5) is 72.9. The van der Waals surface area contributed by atoms with E-state index >= 15 is 0 Å². The summed E-state index contributed by atoms with van der Waals surface area (Å²) in [5, 5.41) is 10.6. The molecule has 0 aliphatic carbocycles. The van der Waals surface area contributed by atoms with Gasteiger partial charge in [0.25, 0.3) is 0 Å². The Labute approximate surface area is 629 Å². The Morgan fingerprint density at radius 2 is 0.538 bits per heavy atom. The molecule has 0 radical (unpaired) electrons. The van der Waals surface area contributed by atoms with Crippen LogP contribution in [0.5, 0.6) is 0 Å². The van der Waals surface area contributed by atoms with Crippen molar-refractivity contribution in [2.75, 3.05) is 39.6 Å². The molecule has 592 valence electrons. The molecule has 0 aliphatic rings. The van der Waals surface area contributed by atoms with Crippen LogP contribution < -0.4 is 0 Å². The van der Waals surface area contributed by atoms with Gasteiger partial charge in [0.1, 0.15) is 19.3 Å². The van der Waals surface area contributed by atoms with E-state index in [0.717, 1.165) is 167 Å². The third-order valence-electron chi connectivity index (χ3n) is 16.0. The Bertz CT molecular complexity index is 2590. The molecule has 0 amide bonds. The maximum absolute atomic E-state index is 13.1. The van der Waals surface area contributed by atoms with Gasteiger partial charge in [0.15, 0.2) is 12.2 Å². The van der Waals surface area contributed by atoms with Crippen LogP contribution in [0.25, 0.3) is 0 Å². The molecule has 0 saturated carbocycles. The van der Waals surface area contributed by atoms with Crippen LogP contribution >= 0.6 is 15.6 Å². The van der Waals surface area contributed by atoms with Crippen LogP contribution in [0, 0.1) is 0 Å². The lowest BCUT2D eigenvalue weighted by molar-refractivity contribution is -0.161. The molecule has 104 heavy (non-hydrogen) atoms. The lowest BCUT2D eigenvalue weighted by Crippen LogP contribution is -2.30. The molecule has 0 aromatic rings. The molecule has 0 fully saturated rings. The normalized spacial score (nSPS) is 14.7. The number of phosphoric acid groups is 2. The van der Waals surface area contributed by atoms with Crippen LogP contribution in [0.15, 0.2) is 158 Å². The van der Waals surface area contributed by atoms with E-state index in [9.17, 15) is 43.2 Å². The fraction of sp³-hybridized carbons (Fsp3) is 0.647. The predicted octanol–water partition coefficient (Wildman–Crippen LogP) is 23.2. The number of hydrogen-bond acceptors (Lipinski definition) is 15. The minimum atomic E-state index is -5.01. The Kier molecular flexibility index (Phi) is 72.0. The number of carbonyl (C=O) groups excluding carboxylic acids is 4. The van der Waals surface area contributed by atoms with Crippen LogP contribution in [-0.2, 0) is 65.4 Å². The summed E-state index contributed by atoms with van der Waals surface area (Å²) in [6.45, 7) is 4.38. The number of phosphoric ester groups is 2. The lowest BCUT2D eigenvalue weighted by atomic mass is 10.0. The van der Waals surface area contributed by atoms with E-state index in [4.69, 9.17) is 37.0 Å². The van der Waals surface area contributed by atoms with Crippen molar-refractivity contribution in [1.82, 2.24) is 0 Å². The molecular formula is C85H140O17P2. The fourth-order valence-corrected chi connectivity index (χ4v) is 11.7. The third-order valence-corrected chi connectivity index (χ3v) is 17.9. The van der Waals surface area contributed by atoms with E-state index in [2.05, 4.69) is 161 Å². The number of aliphatic hydroxyl groups is 1. The number of ether oxygens (including phenoxy) is 4. The number of unbranched alkanes of at least 4 members (excludes halogenated alkanes) is 22. The molecule has 5 atom stereocenters. The number of esters is 4. The average molecular weight is 1500 g/mol. The first kappa shape index (κ1) is 98.7. The van der Waals surface area contributed by atoms with Gasteiger partial charge in [0.05, 0.1) is 32.8 Å². The van der Waals surface area contributed by atoms with Crippen molar-refractivity contribution >= 4 is 39.5 Å². The van der Waals surface area contributed by atoms with Gasteiger partial charge in [-0.25, -0.2) is 9.13 Å². The van der Waals surface area contributed by atoms with Gasteiger partial charge in [-0.1, -0.05) is 301 Å². The van der Waals surface area contributed by atoms with Gasteiger partial charge >= 0.3 is 39.5 Å². The van der Waals surface area contributed by atoms with Crippen molar-refractivity contribution in [2.24, 2.45) is 0 Å². The van der Waals surface area contributed by atoms with E-state index in [-0.39, 0.29) is 25.7 Å². The molecule has 17 nitrogen and oxygen atoms in total. The number of carbonyl (C=O) groups is 4. The van der Waals surface area contributed by atoms with Gasteiger partial charge in [-0.2, -0.15) is 0 Å². The molecule has 19 heteroatoms. The Hall–Kier alpha value is -5.32. The van der Waals surface area contributed by atoms with Gasteiger partial charge in [0.2, 0.25) is 0 Å². The topological polar surface area (TPSA) is 237 Å². The van der Waals surface area contributed by atoms with Crippen molar-refractivity contribution < 1.29 is 80.2 Å². The minimum Gasteiger partial charge on any atom is -0.462 e. The summed E-state index contributed by atoms with van der Waals surface area (Å²) in [7, 11) is -10.0. The zero-order valence-corrected chi connectivity index (χ0v) is 66.4. The number of aliphatic hydroxyl groups excluding tert-OH is 1. The third kappa shape index (κ3) is 74.9. The van der Waals surface area contributed by atoms with Crippen LogP contribution in [0.1, 0.15) is 297 Å². The monoisotopic (exact) mass is 1490 g/mol. The molecule has 0 bridgehead atoms. The maximum Gasteiger partial charge on any atom is 0.472 e. The Balaban J connectivity index is 5.44. The number of hydrogen-bond donors (Lipinski definition) is 3. The molecule has 0 aromatic carbocycles. The summed E-state index contributed by atoms with van der Waals surface area (Å²) in [5.74, 6) is -2.37. The van der Waals surface area contributed by atoms with Crippen molar-refractivity contribution in [2.45, 2.75) is 316 Å². The summed E-state index contributed by atoms with van der Waals surface area (Å²) >= 11 is 0. The molecule has 0 saturated heterocycles. The summed E-state index contributed by atoms with van der Waals surface area (Å²) in [6.07, 6.45) is 88.3. The van der Waals surface area contributed by atoms with Gasteiger partial charge in [-0.15, -0.1) is 0 Å². The smallest absolute Gasteiger partial charge is 0.462 e. The molecule has 0 aliphatic heterocycles. The first-order valence-electron chi connectivity index (χ1n) is 39.7. The van der Waals surface area contributed by atoms with Crippen LogP contribution in [0.3, 0.4) is 0 Å². The summed E-state index contributed by atoms with van der Waals surface area (Å²) < 4.78 is 68.4. The van der Waals surface area contributed by atoms with E-state index in [1.807, 2.05) is 12.2 Å². The maximum atomic E-state index is 13.1. The van der Waals surface area contributed by atoms with E-state index in [1.165, 1.54) is 51.4 Å². The van der Waals surface area contributed by atoms with Crippen LogP contribution in [-0.4, -0.2) is 96.7 Å². The standard InChI is InChI=1S/C85H140O17P2/c1-5-9-13-17-21-25-29-33-36-38-39-41-44-47-50-54-58-62-66-70-83(88)96-76-81(102-85(90)72-68-64-60-56-52-48-42-35-31-27-23-19-15-11-7-3)78-100-104(93,94)98-74-79(86)73-97-103(91,92)99-77-80(101-84(89)71-67-63-59-55-51-45-32-28-24-20-16-12-8-4)75-95-82(87)69-65-61-57-53-49-46-43-40-37-34-30-26-22-18-14-10-6-2/h9-11,13-15,21-23,25-27,33-37,39,41-43,46,52,56,64,68,79-81,86H,5-8,12,16-20,24,28-32,38,40,44-45,47-51,53-55,57-63,65-67,69-78H2,1-4H3,(H,91,92)(H,93,94)/b13-9-,14-10-,15-11-,25-21-,26-22-,27-23-,36-33-,37-34-,41-39-,42-35-,46-43-,56-52-,68-64-. The number of rotatable bonds is 73. The summed E-state index contributed by atoms with van der Waals surface area (Å²) in [5.41, 5.74) is 0. The lowest BCUT2D eigenvalue weighted by Gasteiger charge is -2.21. The molecule has 0 heterocycles. The van der Waals surface area contributed by atoms with Crippen molar-refractivity contribution in [1.29, 1.82) is 0 Å². The fourth-order valence-electron chi connectivity index (χ4n) is 10.1. The second kappa shape index (κ2) is 75.9. The predicted molar refractivity (Wildman–Crippen MR) is 427 cm³/mol. The molecule has 0 spiro atoms. The van der Waals surface area contributed by atoms with Crippen LogP contribution in [0.2, 0.25) is 0 Å². The molecule has 5 unspecified atom stereocenters. The van der Waals surface area contributed by atoms with Crippen molar-refractivity contribution in [3.63, 3.8) is 0 Å². The van der Waals surface area contributed by atoms with Crippen LogP contribution in [0.4, 0.5) is 0 Å². The van der Waals surface area contributed by atoms with Gasteiger partial charge in [0, 0.05) is 19.3 Å². The van der Waals surface area contributed by atoms with Crippen molar-refractivity contribution in [3.05, 3.63) is 158 Å².